The maximum absolute atomic E-state index is 12.4. The van der Waals surface area contributed by atoms with Gasteiger partial charge in [-0.15, -0.1) is 0 Å². The highest BCUT2D eigenvalue weighted by atomic mass is 16.1. The molecule has 3 heterocycles. The van der Waals surface area contributed by atoms with Gasteiger partial charge in [-0.2, -0.15) is 0 Å². The Morgan fingerprint density at radius 3 is 2.70 bits per heavy atom. The highest BCUT2D eigenvalue weighted by Crippen LogP contribution is 2.14. The van der Waals surface area contributed by atoms with Crippen molar-refractivity contribution in [2.45, 2.75) is 25.8 Å². The number of hydrogen-bond donors (Lipinski definition) is 1. The molecule has 0 spiro atoms. The summed E-state index contributed by atoms with van der Waals surface area (Å²) in [5.74, 6) is -0.0842. The Labute approximate surface area is 159 Å². The molecule has 1 aromatic carbocycles. The number of rotatable bonds is 6. The first-order chi connectivity index (χ1) is 13.3. The Morgan fingerprint density at radius 2 is 1.89 bits per heavy atom. The highest BCUT2D eigenvalue weighted by Gasteiger charge is 2.13. The lowest BCUT2D eigenvalue weighted by Gasteiger charge is -2.26. The van der Waals surface area contributed by atoms with Crippen LogP contribution in [0.3, 0.4) is 0 Å². The minimum atomic E-state index is -0.0842. The van der Waals surface area contributed by atoms with Gasteiger partial charge < -0.3 is 14.8 Å². The number of nitrogens with one attached hydrogen (secondary N) is 1. The zero-order valence-electron chi connectivity index (χ0n) is 15.5. The second kappa shape index (κ2) is 8.31. The summed E-state index contributed by atoms with van der Waals surface area (Å²) in [5, 5.41) is 3.00. The number of pyridine rings is 1. The number of benzene rings is 1. The van der Waals surface area contributed by atoms with Gasteiger partial charge in [0.25, 0.3) is 5.91 Å². The van der Waals surface area contributed by atoms with Crippen molar-refractivity contribution in [1.82, 2.24) is 24.8 Å². The van der Waals surface area contributed by atoms with Crippen molar-refractivity contribution in [1.29, 1.82) is 0 Å². The van der Waals surface area contributed by atoms with Crippen LogP contribution < -0.4 is 5.32 Å². The average molecular weight is 363 g/mol. The molecule has 0 atom stereocenters. The number of carbonyl (C=O) groups excluding carboxylic acids is 1. The standard InChI is InChI=1S/C21H25N5O/c27-21(22-9-12-25-10-5-2-6-11-25)18-13-19-20(23-14-18)26(16-24-19)15-17-7-3-1-4-8-17/h1,3-4,7-8,13-14,16H,2,5-6,9-12,15H2,(H,22,27). The lowest BCUT2D eigenvalue weighted by Crippen LogP contribution is -2.37. The number of piperidine rings is 1. The van der Waals surface area contributed by atoms with Crippen molar-refractivity contribution < 1.29 is 4.79 Å². The molecule has 0 bridgehead atoms. The fraction of sp³-hybridized carbons (Fsp3) is 0.381. The third kappa shape index (κ3) is 4.34. The van der Waals surface area contributed by atoms with E-state index in [-0.39, 0.29) is 5.91 Å². The molecule has 1 N–H and O–H groups in total. The van der Waals surface area contributed by atoms with E-state index < -0.39 is 0 Å². The molecule has 1 fully saturated rings. The monoisotopic (exact) mass is 363 g/mol. The number of carbonyl (C=O) groups is 1. The van der Waals surface area contributed by atoms with Crippen LogP contribution in [0.25, 0.3) is 11.2 Å². The van der Waals surface area contributed by atoms with Crippen LogP contribution in [-0.2, 0) is 6.54 Å². The van der Waals surface area contributed by atoms with Gasteiger partial charge in [0.05, 0.1) is 18.4 Å². The van der Waals surface area contributed by atoms with E-state index in [2.05, 4.69) is 32.3 Å². The maximum atomic E-state index is 12.4. The maximum Gasteiger partial charge on any atom is 0.252 e. The van der Waals surface area contributed by atoms with Crippen molar-refractivity contribution in [3.63, 3.8) is 0 Å². The van der Waals surface area contributed by atoms with Gasteiger partial charge in [-0.05, 0) is 37.6 Å². The molecule has 6 heteroatoms. The van der Waals surface area contributed by atoms with E-state index in [1.165, 1.54) is 24.8 Å². The molecule has 27 heavy (non-hydrogen) atoms. The normalized spacial score (nSPS) is 15.1. The number of fused-ring (bicyclic) bond motifs is 1. The molecule has 140 valence electrons. The van der Waals surface area contributed by atoms with Gasteiger partial charge in [0.2, 0.25) is 0 Å². The number of amides is 1. The molecule has 1 aliphatic rings. The molecule has 1 saturated heterocycles. The van der Waals surface area contributed by atoms with Crippen molar-refractivity contribution in [3.05, 3.63) is 60.0 Å². The topological polar surface area (TPSA) is 63.1 Å². The number of aromatic nitrogens is 3. The molecule has 0 unspecified atom stereocenters. The molecule has 0 saturated carbocycles. The molecule has 3 aromatic rings. The lowest BCUT2D eigenvalue weighted by molar-refractivity contribution is 0.0946. The fourth-order valence-corrected chi connectivity index (χ4v) is 3.58. The van der Waals surface area contributed by atoms with Gasteiger partial charge >= 0.3 is 0 Å². The molecule has 0 radical (unpaired) electrons. The van der Waals surface area contributed by atoms with Gasteiger partial charge in [-0.25, -0.2) is 9.97 Å². The predicted molar refractivity (Wildman–Crippen MR) is 106 cm³/mol. The first-order valence-corrected chi connectivity index (χ1v) is 9.65. The summed E-state index contributed by atoms with van der Waals surface area (Å²) in [6.07, 6.45) is 7.27. The Bertz CT molecular complexity index is 899. The van der Waals surface area contributed by atoms with E-state index in [1.54, 1.807) is 12.5 Å². The van der Waals surface area contributed by atoms with Crippen molar-refractivity contribution in [2.75, 3.05) is 26.2 Å². The minimum Gasteiger partial charge on any atom is -0.351 e. The van der Waals surface area contributed by atoms with Gasteiger partial charge in [0.1, 0.15) is 5.52 Å². The molecular formula is C21H25N5O. The number of likely N-dealkylation sites (tertiary alicyclic amines) is 1. The molecule has 2 aromatic heterocycles. The van der Waals surface area contributed by atoms with Crippen molar-refractivity contribution in [2.24, 2.45) is 0 Å². The zero-order chi connectivity index (χ0) is 18.5. The number of hydrogen-bond acceptors (Lipinski definition) is 4. The quantitative estimate of drug-likeness (QED) is 0.731. The summed E-state index contributed by atoms with van der Waals surface area (Å²) in [4.78, 5) is 23.7. The minimum absolute atomic E-state index is 0.0842. The molecule has 6 nitrogen and oxygen atoms in total. The second-order valence-corrected chi connectivity index (χ2v) is 7.08. The first kappa shape index (κ1) is 17.7. The Balaban J connectivity index is 1.38. The van der Waals surface area contributed by atoms with Crippen LogP contribution in [0.4, 0.5) is 0 Å². The summed E-state index contributed by atoms with van der Waals surface area (Å²) in [6, 6.07) is 12.0. The van der Waals surface area contributed by atoms with Crippen LogP contribution in [-0.4, -0.2) is 51.5 Å². The van der Waals surface area contributed by atoms with Crippen LogP contribution in [0, 0.1) is 0 Å². The van der Waals surface area contributed by atoms with Crippen LogP contribution in [0.15, 0.2) is 48.9 Å². The smallest absolute Gasteiger partial charge is 0.252 e. The highest BCUT2D eigenvalue weighted by molar-refractivity contribution is 5.96. The SMILES string of the molecule is O=C(NCCN1CCCCC1)c1cnc2c(c1)ncn2Cc1ccccc1. The molecular weight excluding hydrogens is 338 g/mol. The largest absolute Gasteiger partial charge is 0.351 e. The average Bonchev–Trinajstić information content (AvgIpc) is 3.11. The van der Waals surface area contributed by atoms with E-state index in [1.807, 2.05) is 28.8 Å². The van der Waals surface area contributed by atoms with Gasteiger partial charge in [0, 0.05) is 19.3 Å². The third-order valence-corrected chi connectivity index (χ3v) is 5.08. The summed E-state index contributed by atoms with van der Waals surface area (Å²) in [6.45, 7) is 4.57. The van der Waals surface area contributed by atoms with Crippen molar-refractivity contribution in [3.8, 4) is 0 Å². The molecule has 0 aliphatic carbocycles. The number of imidazole rings is 1. The molecule has 4 rings (SSSR count). The van der Waals surface area contributed by atoms with Gasteiger partial charge in [-0.1, -0.05) is 36.8 Å². The Kier molecular flexibility index (Phi) is 5.44. The molecule has 1 amide bonds. The van der Waals surface area contributed by atoms with E-state index in [4.69, 9.17) is 0 Å². The van der Waals surface area contributed by atoms with Gasteiger partial charge in [0.15, 0.2) is 5.65 Å². The summed E-state index contributed by atoms with van der Waals surface area (Å²) in [5.41, 5.74) is 3.29. The van der Waals surface area contributed by atoms with Crippen molar-refractivity contribution >= 4 is 17.1 Å². The lowest BCUT2D eigenvalue weighted by atomic mass is 10.1. The van der Waals surface area contributed by atoms with Gasteiger partial charge in [-0.3, -0.25) is 4.79 Å². The van der Waals surface area contributed by atoms with Crippen LogP contribution in [0.5, 0.6) is 0 Å². The summed E-state index contributed by atoms with van der Waals surface area (Å²) < 4.78 is 2.00. The third-order valence-electron chi connectivity index (χ3n) is 5.08. The molecule has 1 aliphatic heterocycles. The summed E-state index contributed by atoms with van der Waals surface area (Å²) >= 11 is 0. The van der Waals surface area contributed by atoms with Crippen LogP contribution >= 0.6 is 0 Å². The Hall–Kier alpha value is -2.73. The van der Waals surface area contributed by atoms with E-state index in [0.29, 0.717) is 18.7 Å². The van der Waals surface area contributed by atoms with E-state index in [9.17, 15) is 4.79 Å². The Morgan fingerprint density at radius 1 is 1.07 bits per heavy atom. The fourth-order valence-electron chi connectivity index (χ4n) is 3.58. The first-order valence-electron chi connectivity index (χ1n) is 9.65. The van der Waals surface area contributed by atoms with E-state index in [0.717, 1.165) is 30.8 Å². The van der Waals surface area contributed by atoms with Crippen LogP contribution in [0.2, 0.25) is 0 Å². The zero-order valence-corrected chi connectivity index (χ0v) is 15.5. The van der Waals surface area contributed by atoms with Crippen LogP contribution in [0.1, 0.15) is 35.2 Å². The predicted octanol–water partition coefficient (Wildman–Crippen LogP) is 2.70. The summed E-state index contributed by atoms with van der Waals surface area (Å²) in [7, 11) is 0. The van der Waals surface area contributed by atoms with E-state index >= 15 is 0 Å². The number of nitrogens with zero attached hydrogens (tertiary/aromatic N) is 4. The second-order valence-electron chi connectivity index (χ2n) is 7.08.